The van der Waals surface area contributed by atoms with Crippen LogP contribution in [0.25, 0.3) is 5.69 Å². The third-order valence-electron chi connectivity index (χ3n) is 3.06. The van der Waals surface area contributed by atoms with Crippen molar-refractivity contribution in [3.63, 3.8) is 0 Å². The van der Waals surface area contributed by atoms with Crippen molar-refractivity contribution in [1.29, 1.82) is 0 Å². The summed E-state index contributed by atoms with van der Waals surface area (Å²) < 4.78 is 2.00. The lowest BCUT2D eigenvalue weighted by molar-refractivity contribution is 0.736. The molecular formula is C15H21N3. The van der Waals surface area contributed by atoms with Crippen molar-refractivity contribution >= 4 is 0 Å². The van der Waals surface area contributed by atoms with Gasteiger partial charge in [0, 0.05) is 11.7 Å². The molecule has 2 N–H and O–H groups in total. The van der Waals surface area contributed by atoms with E-state index in [4.69, 9.17) is 5.73 Å². The van der Waals surface area contributed by atoms with E-state index < -0.39 is 0 Å². The lowest BCUT2D eigenvalue weighted by Crippen LogP contribution is -2.17. The molecule has 1 aromatic heterocycles. The van der Waals surface area contributed by atoms with Crippen LogP contribution in [0.4, 0.5) is 0 Å². The number of aromatic nitrogens is 2. The molecule has 3 heteroatoms. The van der Waals surface area contributed by atoms with E-state index in [2.05, 4.69) is 43.2 Å². The number of benzene rings is 1. The molecule has 2 rings (SSSR count). The van der Waals surface area contributed by atoms with E-state index in [9.17, 15) is 0 Å². The molecule has 0 saturated carbocycles. The number of nitrogens with zero attached hydrogens (tertiary/aromatic N) is 2. The van der Waals surface area contributed by atoms with Gasteiger partial charge in [0.2, 0.25) is 0 Å². The average molecular weight is 243 g/mol. The van der Waals surface area contributed by atoms with Gasteiger partial charge in [0.25, 0.3) is 0 Å². The van der Waals surface area contributed by atoms with E-state index in [1.54, 1.807) is 0 Å². The molecule has 0 amide bonds. The van der Waals surface area contributed by atoms with Gasteiger partial charge in [-0.05, 0) is 57.4 Å². The van der Waals surface area contributed by atoms with E-state index >= 15 is 0 Å². The Kier molecular flexibility index (Phi) is 3.53. The molecule has 0 bridgehead atoms. The van der Waals surface area contributed by atoms with Gasteiger partial charge in [0.1, 0.15) is 0 Å². The van der Waals surface area contributed by atoms with E-state index in [0.717, 1.165) is 23.5 Å². The second-order valence-electron chi connectivity index (χ2n) is 5.14. The second-order valence-corrected chi connectivity index (χ2v) is 5.14. The highest BCUT2D eigenvalue weighted by Gasteiger charge is 2.07. The molecule has 2 aromatic rings. The normalized spacial score (nSPS) is 12.7. The van der Waals surface area contributed by atoms with Crippen LogP contribution in [0.3, 0.4) is 0 Å². The summed E-state index contributed by atoms with van der Waals surface area (Å²) >= 11 is 0. The summed E-state index contributed by atoms with van der Waals surface area (Å²) in [5.74, 6) is 0. The Hall–Kier alpha value is -1.61. The zero-order chi connectivity index (χ0) is 13.3. The van der Waals surface area contributed by atoms with Crippen LogP contribution in [-0.4, -0.2) is 15.8 Å². The van der Waals surface area contributed by atoms with Crippen LogP contribution < -0.4 is 5.73 Å². The Balaban J connectivity index is 2.38. The first-order chi connectivity index (χ1) is 8.47. The zero-order valence-electron chi connectivity index (χ0n) is 11.6. The van der Waals surface area contributed by atoms with Gasteiger partial charge in [-0.3, -0.25) is 0 Å². The fourth-order valence-corrected chi connectivity index (χ4v) is 2.33. The molecule has 0 fully saturated rings. The molecule has 1 atom stereocenters. The molecule has 18 heavy (non-hydrogen) atoms. The third-order valence-corrected chi connectivity index (χ3v) is 3.06. The van der Waals surface area contributed by atoms with E-state index in [1.165, 1.54) is 11.1 Å². The molecule has 3 nitrogen and oxygen atoms in total. The molecule has 0 saturated heterocycles. The summed E-state index contributed by atoms with van der Waals surface area (Å²) in [6.07, 6.45) is 0.915. The zero-order valence-corrected chi connectivity index (χ0v) is 11.6. The van der Waals surface area contributed by atoms with Gasteiger partial charge >= 0.3 is 0 Å². The highest BCUT2D eigenvalue weighted by Crippen LogP contribution is 2.18. The summed E-state index contributed by atoms with van der Waals surface area (Å²) in [7, 11) is 0. The number of hydrogen-bond donors (Lipinski definition) is 1. The molecule has 0 aliphatic heterocycles. The smallest absolute Gasteiger partial charge is 0.0678 e. The molecule has 0 radical (unpaired) electrons. The number of hydrogen-bond acceptors (Lipinski definition) is 2. The first kappa shape index (κ1) is 12.8. The van der Waals surface area contributed by atoms with Crippen molar-refractivity contribution in [2.75, 3.05) is 0 Å². The Labute approximate surface area is 109 Å². The van der Waals surface area contributed by atoms with Crippen LogP contribution in [-0.2, 0) is 6.42 Å². The molecule has 0 aliphatic carbocycles. The highest BCUT2D eigenvalue weighted by atomic mass is 15.3. The standard InChI is InChI=1S/C15H21N3/c1-10-7-14(8-11(2)16)5-6-15(10)18-13(4)9-12(3)17-18/h5-7,9,11H,8,16H2,1-4H3. The van der Waals surface area contributed by atoms with Crippen LogP contribution in [0, 0.1) is 20.8 Å². The summed E-state index contributed by atoms with van der Waals surface area (Å²) in [6.45, 7) is 8.25. The Morgan fingerprint density at radius 3 is 2.44 bits per heavy atom. The lowest BCUT2D eigenvalue weighted by Gasteiger charge is -2.11. The molecule has 1 unspecified atom stereocenters. The van der Waals surface area contributed by atoms with Crippen molar-refractivity contribution < 1.29 is 0 Å². The quantitative estimate of drug-likeness (QED) is 0.900. The molecule has 1 aromatic carbocycles. The largest absolute Gasteiger partial charge is 0.328 e. The Morgan fingerprint density at radius 2 is 1.94 bits per heavy atom. The first-order valence-electron chi connectivity index (χ1n) is 6.36. The summed E-state index contributed by atoms with van der Waals surface area (Å²) in [6, 6.07) is 8.77. The molecule has 0 aliphatic rings. The number of aryl methyl sites for hydroxylation is 3. The molecule has 96 valence electrons. The predicted molar refractivity (Wildman–Crippen MR) is 75.1 cm³/mol. The monoisotopic (exact) mass is 243 g/mol. The molecular weight excluding hydrogens is 222 g/mol. The summed E-state index contributed by atoms with van der Waals surface area (Å²) in [4.78, 5) is 0. The van der Waals surface area contributed by atoms with Crippen molar-refractivity contribution in [2.45, 2.75) is 40.2 Å². The minimum atomic E-state index is 0.198. The minimum absolute atomic E-state index is 0.198. The second kappa shape index (κ2) is 4.94. The maximum absolute atomic E-state index is 5.83. The van der Waals surface area contributed by atoms with Gasteiger partial charge in [-0.25, -0.2) is 4.68 Å². The van der Waals surface area contributed by atoms with Crippen LogP contribution in [0.5, 0.6) is 0 Å². The third kappa shape index (κ3) is 2.62. The Bertz CT molecular complexity index is 553. The van der Waals surface area contributed by atoms with E-state index in [1.807, 2.05) is 18.5 Å². The summed E-state index contributed by atoms with van der Waals surface area (Å²) in [5, 5.41) is 4.52. The average Bonchev–Trinajstić information content (AvgIpc) is 2.57. The lowest BCUT2D eigenvalue weighted by atomic mass is 10.0. The van der Waals surface area contributed by atoms with Gasteiger partial charge in [-0.15, -0.1) is 0 Å². The number of rotatable bonds is 3. The molecule has 0 spiro atoms. The SMILES string of the molecule is Cc1cc(C)n(-c2ccc(CC(C)N)cc2C)n1. The van der Waals surface area contributed by atoms with Crippen molar-refractivity contribution in [3.8, 4) is 5.69 Å². The fourth-order valence-electron chi connectivity index (χ4n) is 2.33. The van der Waals surface area contributed by atoms with Crippen molar-refractivity contribution in [2.24, 2.45) is 5.73 Å². The van der Waals surface area contributed by atoms with Crippen molar-refractivity contribution in [1.82, 2.24) is 9.78 Å². The van der Waals surface area contributed by atoms with Crippen LogP contribution >= 0.6 is 0 Å². The minimum Gasteiger partial charge on any atom is -0.328 e. The Morgan fingerprint density at radius 1 is 1.22 bits per heavy atom. The highest BCUT2D eigenvalue weighted by molar-refractivity contribution is 5.43. The van der Waals surface area contributed by atoms with E-state index in [0.29, 0.717) is 0 Å². The maximum atomic E-state index is 5.83. The van der Waals surface area contributed by atoms with Crippen molar-refractivity contribution in [3.05, 3.63) is 46.8 Å². The van der Waals surface area contributed by atoms with Gasteiger partial charge in [-0.2, -0.15) is 5.10 Å². The predicted octanol–water partition coefficient (Wildman–Crippen LogP) is 2.69. The van der Waals surface area contributed by atoms with Gasteiger partial charge < -0.3 is 5.73 Å². The summed E-state index contributed by atoms with van der Waals surface area (Å²) in [5.41, 5.74) is 11.7. The van der Waals surface area contributed by atoms with Crippen LogP contribution in [0.2, 0.25) is 0 Å². The number of nitrogens with two attached hydrogens (primary N) is 1. The fraction of sp³-hybridized carbons (Fsp3) is 0.400. The van der Waals surface area contributed by atoms with Gasteiger partial charge in [0.05, 0.1) is 11.4 Å². The van der Waals surface area contributed by atoms with Crippen LogP contribution in [0.15, 0.2) is 24.3 Å². The van der Waals surface area contributed by atoms with E-state index in [-0.39, 0.29) is 6.04 Å². The topological polar surface area (TPSA) is 43.8 Å². The first-order valence-corrected chi connectivity index (χ1v) is 6.36. The molecule has 1 heterocycles. The van der Waals surface area contributed by atoms with Gasteiger partial charge in [-0.1, -0.05) is 12.1 Å². The van der Waals surface area contributed by atoms with Gasteiger partial charge in [0.15, 0.2) is 0 Å². The van der Waals surface area contributed by atoms with Crippen LogP contribution in [0.1, 0.15) is 29.4 Å². The maximum Gasteiger partial charge on any atom is 0.0678 e.